The smallest absolute Gasteiger partial charge is 0.165 e. The van der Waals surface area contributed by atoms with Crippen LogP contribution in [0, 0.1) is 0 Å². The summed E-state index contributed by atoms with van der Waals surface area (Å²) in [7, 11) is 0. The molecule has 0 unspecified atom stereocenters. The lowest BCUT2D eigenvalue weighted by molar-refractivity contribution is 0.282. The van der Waals surface area contributed by atoms with Crippen molar-refractivity contribution in [3.63, 3.8) is 0 Å². The van der Waals surface area contributed by atoms with Gasteiger partial charge in [0.15, 0.2) is 5.82 Å². The van der Waals surface area contributed by atoms with Crippen molar-refractivity contribution < 1.29 is 4.74 Å². The van der Waals surface area contributed by atoms with E-state index in [1.807, 2.05) is 30.3 Å². The molecule has 0 saturated heterocycles. The van der Waals surface area contributed by atoms with Gasteiger partial charge in [0.2, 0.25) is 0 Å². The maximum absolute atomic E-state index is 5.48. The van der Waals surface area contributed by atoms with Crippen molar-refractivity contribution in [2.45, 2.75) is 6.54 Å². The number of hydrogen-bond donors (Lipinski definition) is 1. The molecule has 1 heterocycles. The molecule has 1 aromatic heterocycles. The van der Waals surface area contributed by atoms with Gasteiger partial charge < -0.3 is 10.5 Å². The quantitative estimate of drug-likeness (QED) is 0.804. The predicted octanol–water partition coefficient (Wildman–Crippen LogP) is 0.939. The molecule has 5 nitrogen and oxygen atoms in total. The third-order valence-electron chi connectivity index (χ3n) is 1.86. The van der Waals surface area contributed by atoms with E-state index in [9.17, 15) is 0 Å². The fourth-order valence-electron chi connectivity index (χ4n) is 1.18. The molecule has 5 heteroatoms. The van der Waals surface area contributed by atoms with Crippen molar-refractivity contribution >= 4 is 5.82 Å². The Bertz CT molecular complexity index is 412. The van der Waals surface area contributed by atoms with Gasteiger partial charge in [-0.3, -0.25) is 0 Å². The number of para-hydroxylation sites is 1. The molecule has 0 fully saturated rings. The fraction of sp³-hybridized carbons (Fsp3) is 0.200. The lowest BCUT2D eigenvalue weighted by atomic mass is 10.3. The monoisotopic (exact) mass is 204 g/mol. The van der Waals surface area contributed by atoms with Crippen LogP contribution in [0.5, 0.6) is 5.75 Å². The first-order valence-corrected chi connectivity index (χ1v) is 4.68. The van der Waals surface area contributed by atoms with Crippen molar-refractivity contribution in [3.05, 3.63) is 36.5 Å². The van der Waals surface area contributed by atoms with Crippen LogP contribution in [0.4, 0.5) is 5.82 Å². The minimum atomic E-state index is 0.426. The summed E-state index contributed by atoms with van der Waals surface area (Å²) in [4.78, 5) is 1.51. The minimum Gasteiger partial charge on any atom is -0.492 e. The summed E-state index contributed by atoms with van der Waals surface area (Å²) in [5, 5.41) is 7.89. The number of nitrogen functional groups attached to an aromatic ring is 1. The normalized spacial score (nSPS) is 10.1. The minimum absolute atomic E-state index is 0.426. The number of aromatic nitrogens is 3. The first-order valence-electron chi connectivity index (χ1n) is 4.68. The van der Waals surface area contributed by atoms with Crippen LogP contribution in [0.2, 0.25) is 0 Å². The Kier molecular flexibility index (Phi) is 2.82. The molecule has 0 aliphatic carbocycles. The van der Waals surface area contributed by atoms with E-state index < -0.39 is 0 Å². The third kappa shape index (κ3) is 2.70. The zero-order valence-electron chi connectivity index (χ0n) is 8.21. The van der Waals surface area contributed by atoms with Gasteiger partial charge >= 0.3 is 0 Å². The Morgan fingerprint density at radius 2 is 2.07 bits per heavy atom. The van der Waals surface area contributed by atoms with Crippen molar-refractivity contribution in [1.82, 2.24) is 15.0 Å². The molecule has 2 aromatic rings. The van der Waals surface area contributed by atoms with Crippen molar-refractivity contribution in [1.29, 1.82) is 0 Å². The highest BCUT2D eigenvalue weighted by Gasteiger charge is 1.96. The van der Waals surface area contributed by atoms with Gasteiger partial charge in [-0.15, -0.1) is 5.10 Å². The number of nitrogens with zero attached hydrogens (tertiary/aromatic N) is 3. The lowest BCUT2D eigenvalue weighted by Gasteiger charge is -2.04. The fourth-order valence-corrected chi connectivity index (χ4v) is 1.18. The molecule has 0 aliphatic rings. The van der Waals surface area contributed by atoms with Gasteiger partial charge in [0.05, 0.1) is 12.7 Å². The van der Waals surface area contributed by atoms with Crippen molar-refractivity contribution in [2.24, 2.45) is 0 Å². The maximum atomic E-state index is 5.48. The largest absolute Gasteiger partial charge is 0.492 e. The molecular formula is C10H12N4O. The molecule has 1 aromatic carbocycles. The molecule has 0 atom stereocenters. The maximum Gasteiger partial charge on any atom is 0.165 e. The van der Waals surface area contributed by atoms with E-state index >= 15 is 0 Å². The first-order chi connectivity index (χ1) is 7.34. The Morgan fingerprint density at radius 3 is 2.73 bits per heavy atom. The van der Waals surface area contributed by atoms with Crippen molar-refractivity contribution in [2.75, 3.05) is 12.3 Å². The number of ether oxygens (including phenoxy) is 1. The second-order valence-electron chi connectivity index (χ2n) is 3.03. The van der Waals surface area contributed by atoms with Crippen LogP contribution >= 0.6 is 0 Å². The van der Waals surface area contributed by atoms with Crippen LogP contribution in [0.3, 0.4) is 0 Å². The highest BCUT2D eigenvalue weighted by atomic mass is 16.5. The molecule has 0 bridgehead atoms. The molecule has 2 N–H and O–H groups in total. The number of benzene rings is 1. The van der Waals surface area contributed by atoms with E-state index in [1.54, 1.807) is 0 Å². The van der Waals surface area contributed by atoms with Crippen LogP contribution in [0.25, 0.3) is 0 Å². The van der Waals surface area contributed by atoms with Gasteiger partial charge in [-0.05, 0) is 12.1 Å². The van der Waals surface area contributed by atoms with Gasteiger partial charge in [0.1, 0.15) is 12.4 Å². The van der Waals surface area contributed by atoms with Crippen LogP contribution in [0.1, 0.15) is 0 Å². The van der Waals surface area contributed by atoms with E-state index in [-0.39, 0.29) is 0 Å². The third-order valence-corrected chi connectivity index (χ3v) is 1.86. The predicted molar refractivity (Wildman–Crippen MR) is 56.4 cm³/mol. The SMILES string of the molecule is Nc1cnn(CCOc2ccccc2)n1. The van der Waals surface area contributed by atoms with E-state index in [4.69, 9.17) is 10.5 Å². The van der Waals surface area contributed by atoms with E-state index in [0.29, 0.717) is 19.0 Å². The molecule has 0 radical (unpaired) electrons. The summed E-state index contributed by atoms with van der Waals surface area (Å²) in [5.41, 5.74) is 5.43. The Balaban J connectivity index is 1.80. The summed E-state index contributed by atoms with van der Waals surface area (Å²) >= 11 is 0. The second kappa shape index (κ2) is 4.45. The van der Waals surface area contributed by atoms with Gasteiger partial charge in [-0.25, -0.2) is 0 Å². The van der Waals surface area contributed by atoms with E-state index in [1.165, 1.54) is 11.0 Å². The number of rotatable bonds is 4. The van der Waals surface area contributed by atoms with Crippen molar-refractivity contribution in [3.8, 4) is 5.75 Å². The van der Waals surface area contributed by atoms with Crippen LogP contribution in [0.15, 0.2) is 36.5 Å². The molecule has 0 amide bonds. The molecule has 0 saturated carbocycles. The Labute approximate surface area is 87.5 Å². The Morgan fingerprint density at radius 1 is 1.27 bits per heavy atom. The zero-order valence-corrected chi connectivity index (χ0v) is 8.21. The standard InChI is InChI=1S/C10H12N4O/c11-10-8-12-14(13-10)6-7-15-9-4-2-1-3-5-9/h1-5,8H,6-7H2,(H2,11,13). The second-order valence-corrected chi connectivity index (χ2v) is 3.03. The summed E-state index contributed by atoms with van der Waals surface area (Å²) in [6.45, 7) is 1.12. The average molecular weight is 204 g/mol. The summed E-state index contributed by atoms with van der Waals surface area (Å²) in [6.07, 6.45) is 1.52. The van der Waals surface area contributed by atoms with E-state index in [2.05, 4.69) is 10.2 Å². The average Bonchev–Trinajstić information content (AvgIpc) is 2.66. The van der Waals surface area contributed by atoms with Crippen LogP contribution in [-0.4, -0.2) is 21.6 Å². The molecule has 78 valence electrons. The molecule has 15 heavy (non-hydrogen) atoms. The van der Waals surface area contributed by atoms with Crippen LogP contribution in [-0.2, 0) is 6.54 Å². The topological polar surface area (TPSA) is 66.0 Å². The molecule has 0 aliphatic heterocycles. The number of hydrogen-bond acceptors (Lipinski definition) is 4. The Hall–Kier alpha value is -2.04. The van der Waals surface area contributed by atoms with Gasteiger partial charge in [-0.2, -0.15) is 9.90 Å². The highest BCUT2D eigenvalue weighted by Crippen LogP contribution is 2.07. The molecule has 2 rings (SSSR count). The molecule has 0 spiro atoms. The summed E-state index contributed by atoms with van der Waals surface area (Å²) < 4.78 is 5.48. The molecular weight excluding hydrogens is 192 g/mol. The summed E-state index contributed by atoms with van der Waals surface area (Å²) in [5.74, 6) is 1.27. The number of nitrogens with two attached hydrogens (primary N) is 1. The zero-order chi connectivity index (χ0) is 10.5. The van der Waals surface area contributed by atoms with Gasteiger partial charge in [0.25, 0.3) is 0 Å². The van der Waals surface area contributed by atoms with E-state index in [0.717, 1.165) is 5.75 Å². The summed E-state index contributed by atoms with van der Waals surface area (Å²) in [6, 6.07) is 9.62. The number of anilines is 1. The first kappa shape index (κ1) is 9.51. The lowest BCUT2D eigenvalue weighted by Crippen LogP contribution is -2.10. The van der Waals surface area contributed by atoms with Gasteiger partial charge in [-0.1, -0.05) is 18.2 Å². The highest BCUT2D eigenvalue weighted by molar-refractivity contribution is 5.21. The van der Waals surface area contributed by atoms with Crippen LogP contribution < -0.4 is 10.5 Å². The van der Waals surface area contributed by atoms with Gasteiger partial charge in [0, 0.05) is 0 Å².